The maximum atomic E-state index is 13.1. The zero-order valence-corrected chi connectivity index (χ0v) is 18.3. The highest BCUT2D eigenvalue weighted by Gasteiger charge is 2.39. The van der Waals surface area contributed by atoms with Gasteiger partial charge in [-0.05, 0) is 83.3 Å². The van der Waals surface area contributed by atoms with Crippen LogP contribution in [-0.2, 0) is 9.53 Å². The first-order chi connectivity index (χ1) is 13.6. The van der Waals surface area contributed by atoms with Gasteiger partial charge in [0.1, 0.15) is 11.1 Å². The number of amides is 1. The van der Waals surface area contributed by atoms with Gasteiger partial charge in [-0.1, -0.05) is 13.3 Å². The van der Waals surface area contributed by atoms with E-state index in [0.717, 1.165) is 24.8 Å². The van der Waals surface area contributed by atoms with Crippen LogP contribution < -0.4 is 10.1 Å². The van der Waals surface area contributed by atoms with Crippen molar-refractivity contribution < 1.29 is 19.1 Å². The van der Waals surface area contributed by atoms with E-state index < -0.39 is 23.0 Å². The predicted molar refractivity (Wildman–Crippen MR) is 111 cm³/mol. The Morgan fingerprint density at radius 2 is 1.86 bits per heavy atom. The van der Waals surface area contributed by atoms with E-state index in [9.17, 15) is 9.59 Å². The molecule has 0 spiro atoms. The van der Waals surface area contributed by atoms with Crippen molar-refractivity contribution in [1.29, 1.82) is 0 Å². The first-order valence-corrected chi connectivity index (χ1v) is 10.8. The molecule has 0 aromatic carbocycles. The average molecular weight is 403 g/mol. The standard InChI is InChI=1S/C23H34N2O4/c1-6-11-23(5,21(27)29-22(2,3)4)25-20(26)19-18(28-14-15-7-8-15)12-17(13-24-19)16-9-10-16/h12-13,15-16H,6-11,14H2,1-5H3,(H,25,26)/t23-/m0/s1. The molecule has 1 aromatic rings. The predicted octanol–water partition coefficient (Wildman–Crippen LogP) is 4.38. The summed E-state index contributed by atoms with van der Waals surface area (Å²) in [4.78, 5) is 30.4. The Morgan fingerprint density at radius 1 is 1.17 bits per heavy atom. The highest BCUT2D eigenvalue weighted by atomic mass is 16.6. The SMILES string of the molecule is CCC[C@](C)(NC(=O)c1ncc(C2CC2)cc1OCC1CC1)C(=O)OC(C)(C)C. The summed E-state index contributed by atoms with van der Waals surface area (Å²) in [5, 5.41) is 2.88. The van der Waals surface area contributed by atoms with Gasteiger partial charge in [0.05, 0.1) is 6.61 Å². The first-order valence-electron chi connectivity index (χ1n) is 10.8. The summed E-state index contributed by atoms with van der Waals surface area (Å²) in [6.07, 6.45) is 7.63. The molecule has 0 bridgehead atoms. The molecule has 1 amide bonds. The van der Waals surface area contributed by atoms with Gasteiger partial charge in [0.15, 0.2) is 11.4 Å². The number of aromatic nitrogens is 1. The van der Waals surface area contributed by atoms with Crippen LogP contribution in [0.25, 0.3) is 0 Å². The number of nitrogens with zero attached hydrogens (tertiary/aromatic N) is 1. The van der Waals surface area contributed by atoms with E-state index in [1.165, 1.54) is 12.8 Å². The second kappa shape index (κ2) is 8.33. The zero-order valence-electron chi connectivity index (χ0n) is 18.3. The highest BCUT2D eigenvalue weighted by molar-refractivity contribution is 5.98. The highest BCUT2D eigenvalue weighted by Crippen LogP contribution is 2.41. The maximum Gasteiger partial charge on any atom is 0.332 e. The lowest BCUT2D eigenvalue weighted by molar-refractivity contribution is -0.162. The van der Waals surface area contributed by atoms with Crippen LogP contribution in [0.3, 0.4) is 0 Å². The van der Waals surface area contributed by atoms with Gasteiger partial charge in [-0.3, -0.25) is 4.79 Å². The average Bonchev–Trinajstić information content (AvgIpc) is 3.52. The summed E-state index contributed by atoms with van der Waals surface area (Å²) in [5.74, 6) is 0.773. The van der Waals surface area contributed by atoms with Gasteiger partial charge in [-0.2, -0.15) is 0 Å². The Labute approximate surface area is 173 Å². The van der Waals surface area contributed by atoms with E-state index in [-0.39, 0.29) is 5.69 Å². The van der Waals surface area contributed by atoms with Gasteiger partial charge >= 0.3 is 5.97 Å². The zero-order chi connectivity index (χ0) is 21.2. The summed E-state index contributed by atoms with van der Waals surface area (Å²) in [7, 11) is 0. The molecule has 2 fully saturated rings. The Hall–Kier alpha value is -2.11. The number of rotatable bonds is 9. The van der Waals surface area contributed by atoms with Gasteiger partial charge < -0.3 is 14.8 Å². The van der Waals surface area contributed by atoms with Gasteiger partial charge in [-0.15, -0.1) is 0 Å². The van der Waals surface area contributed by atoms with Crippen LogP contribution in [0, 0.1) is 5.92 Å². The summed E-state index contributed by atoms with van der Waals surface area (Å²) in [6, 6.07) is 1.95. The molecule has 2 aliphatic carbocycles. The van der Waals surface area contributed by atoms with E-state index in [4.69, 9.17) is 9.47 Å². The molecule has 1 N–H and O–H groups in total. The van der Waals surface area contributed by atoms with Crippen LogP contribution in [0.1, 0.15) is 95.1 Å². The van der Waals surface area contributed by atoms with E-state index >= 15 is 0 Å². The van der Waals surface area contributed by atoms with Gasteiger partial charge in [-0.25, -0.2) is 9.78 Å². The minimum Gasteiger partial charge on any atom is -0.491 e. The molecule has 6 nitrogen and oxygen atoms in total. The second-order valence-corrected chi connectivity index (χ2v) is 9.68. The molecule has 2 saturated carbocycles. The molecule has 1 atom stereocenters. The van der Waals surface area contributed by atoms with Crippen LogP contribution >= 0.6 is 0 Å². The fraction of sp³-hybridized carbons (Fsp3) is 0.696. The molecule has 0 aliphatic heterocycles. The first kappa shape index (κ1) is 21.6. The number of nitrogens with one attached hydrogen (secondary N) is 1. The lowest BCUT2D eigenvalue weighted by Crippen LogP contribution is -2.54. The van der Waals surface area contributed by atoms with Crippen LogP contribution in [0.4, 0.5) is 0 Å². The number of carbonyl (C=O) groups is 2. The Balaban J connectivity index is 1.79. The summed E-state index contributed by atoms with van der Waals surface area (Å²) in [6.45, 7) is 9.75. The molecular formula is C23H34N2O4. The van der Waals surface area contributed by atoms with Crippen LogP contribution in [0.2, 0.25) is 0 Å². The molecule has 1 heterocycles. The molecule has 3 rings (SSSR count). The molecule has 6 heteroatoms. The summed E-state index contributed by atoms with van der Waals surface area (Å²) < 4.78 is 11.5. The number of ether oxygens (including phenoxy) is 2. The molecule has 2 aliphatic rings. The van der Waals surface area contributed by atoms with Crippen LogP contribution in [0.5, 0.6) is 5.75 Å². The van der Waals surface area contributed by atoms with Crippen molar-refractivity contribution in [2.75, 3.05) is 6.61 Å². The maximum absolute atomic E-state index is 13.1. The minimum absolute atomic E-state index is 0.237. The third-order valence-electron chi connectivity index (χ3n) is 5.30. The number of hydrogen-bond donors (Lipinski definition) is 1. The normalized spacial score (nSPS) is 18.7. The minimum atomic E-state index is -1.12. The largest absolute Gasteiger partial charge is 0.491 e. The molecule has 160 valence electrons. The number of carbonyl (C=O) groups excluding carboxylic acids is 2. The van der Waals surface area contributed by atoms with Gasteiger partial charge in [0.25, 0.3) is 5.91 Å². The van der Waals surface area contributed by atoms with Crippen molar-refractivity contribution in [2.45, 2.75) is 90.2 Å². The molecule has 0 unspecified atom stereocenters. The third kappa shape index (κ3) is 5.94. The molecule has 0 saturated heterocycles. The number of esters is 1. The van der Waals surface area contributed by atoms with Gasteiger partial charge in [0.2, 0.25) is 0 Å². The number of pyridine rings is 1. The number of hydrogen-bond acceptors (Lipinski definition) is 5. The van der Waals surface area contributed by atoms with E-state index in [1.54, 1.807) is 13.1 Å². The monoisotopic (exact) mass is 402 g/mol. The van der Waals surface area contributed by atoms with Crippen molar-refractivity contribution in [3.05, 3.63) is 23.5 Å². The van der Waals surface area contributed by atoms with Crippen molar-refractivity contribution in [3.8, 4) is 5.75 Å². The summed E-state index contributed by atoms with van der Waals surface area (Å²) in [5.41, 5.74) is -0.389. The third-order valence-corrected chi connectivity index (χ3v) is 5.30. The van der Waals surface area contributed by atoms with Crippen molar-refractivity contribution >= 4 is 11.9 Å². The Kier molecular flexibility index (Phi) is 6.20. The van der Waals surface area contributed by atoms with E-state index in [1.807, 2.05) is 33.8 Å². The van der Waals surface area contributed by atoms with Crippen molar-refractivity contribution in [3.63, 3.8) is 0 Å². The van der Waals surface area contributed by atoms with Crippen LogP contribution in [-0.4, -0.2) is 34.6 Å². The molecule has 1 aromatic heterocycles. The lowest BCUT2D eigenvalue weighted by atomic mass is 9.95. The second-order valence-electron chi connectivity index (χ2n) is 9.68. The topological polar surface area (TPSA) is 77.5 Å². The van der Waals surface area contributed by atoms with Crippen LogP contribution in [0.15, 0.2) is 12.3 Å². The van der Waals surface area contributed by atoms with Crippen molar-refractivity contribution in [2.24, 2.45) is 5.92 Å². The summed E-state index contributed by atoms with van der Waals surface area (Å²) >= 11 is 0. The smallest absolute Gasteiger partial charge is 0.332 e. The lowest BCUT2D eigenvalue weighted by Gasteiger charge is -2.32. The van der Waals surface area contributed by atoms with Gasteiger partial charge in [0, 0.05) is 6.20 Å². The van der Waals surface area contributed by atoms with E-state index in [2.05, 4.69) is 10.3 Å². The molecular weight excluding hydrogens is 368 g/mol. The fourth-order valence-electron chi connectivity index (χ4n) is 3.29. The fourth-order valence-corrected chi connectivity index (χ4v) is 3.29. The Morgan fingerprint density at radius 3 is 2.41 bits per heavy atom. The molecule has 29 heavy (non-hydrogen) atoms. The quantitative estimate of drug-likeness (QED) is 0.620. The Bertz CT molecular complexity index is 763. The van der Waals surface area contributed by atoms with Crippen molar-refractivity contribution in [1.82, 2.24) is 10.3 Å². The molecule has 0 radical (unpaired) electrons. The van der Waals surface area contributed by atoms with E-state index in [0.29, 0.717) is 30.6 Å².